The fourth-order valence-corrected chi connectivity index (χ4v) is 7.06. The lowest BCUT2D eigenvalue weighted by molar-refractivity contribution is 0.0373. The minimum atomic E-state index is -0.586. The zero-order valence-corrected chi connectivity index (χ0v) is 18.8. The molecule has 2 rings (SSSR count). The van der Waals surface area contributed by atoms with Gasteiger partial charge in [0.05, 0.1) is 19.8 Å². The second-order valence-electron chi connectivity index (χ2n) is 6.89. The van der Waals surface area contributed by atoms with Crippen LogP contribution in [0.2, 0.25) is 0 Å². The molecule has 4 unspecified atom stereocenters. The highest BCUT2D eigenvalue weighted by Crippen LogP contribution is 2.47. The van der Waals surface area contributed by atoms with Crippen molar-refractivity contribution >= 4 is 28.0 Å². The Labute approximate surface area is 170 Å². The molecule has 27 heavy (non-hydrogen) atoms. The van der Waals surface area contributed by atoms with Gasteiger partial charge in [0.25, 0.3) is 0 Å². The largest absolute Gasteiger partial charge is 0.396 e. The Kier molecular flexibility index (Phi) is 10.3. The maximum atomic E-state index is 9.89. The molecule has 0 saturated heterocycles. The standard InChI is InChI=1S/C21H30O3P2S/c1-17(19-9-5-3-6-10-19)25-24-15-21(13-22,14-23)16-27-26-18(2)20-11-7-4-8-12-20/h3-12,17-18,22-23,25-26H,13-16H2,1-2H3. The summed E-state index contributed by atoms with van der Waals surface area (Å²) in [5.74, 6) is 0.694. The van der Waals surface area contributed by atoms with Crippen molar-refractivity contribution in [1.29, 1.82) is 0 Å². The summed E-state index contributed by atoms with van der Waals surface area (Å²) in [6.07, 6.45) is 0. The number of aliphatic hydroxyl groups excluding tert-OH is 2. The summed E-state index contributed by atoms with van der Waals surface area (Å²) in [7, 11) is 0.994. The molecule has 0 aliphatic rings. The number of rotatable bonds is 12. The molecule has 148 valence electrons. The summed E-state index contributed by atoms with van der Waals surface area (Å²) < 4.78 is 5.94. The zero-order chi connectivity index (χ0) is 19.5. The van der Waals surface area contributed by atoms with Gasteiger partial charge in [-0.05, 0) is 11.1 Å². The first kappa shape index (κ1) is 22.8. The molecule has 0 bridgehead atoms. The third kappa shape index (κ3) is 7.46. The van der Waals surface area contributed by atoms with E-state index >= 15 is 0 Å². The maximum absolute atomic E-state index is 9.89. The number of hydrogen-bond donors (Lipinski definition) is 2. The molecule has 0 aromatic heterocycles. The normalized spacial score (nSPS) is 15.0. The monoisotopic (exact) mass is 424 g/mol. The zero-order valence-electron chi connectivity index (χ0n) is 16.0. The lowest BCUT2D eigenvalue weighted by atomic mass is 9.94. The maximum Gasteiger partial charge on any atom is 0.0614 e. The molecule has 0 heterocycles. The van der Waals surface area contributed by atoms with Gasteiger partial charge in [0.15, 0.2) is 0 Å². The molecule has 2 aromatic rings. The van der Waals surface area contributed by atoms with Gasteiger partial charge in [-0.15, -0.1) is 11.4 Å². The van der Waals surface area contributed by atoms with Crippen molar-refractivity contribution in [3.05, 3.63) is 71.8 Å². The summed E-state index contributed by atoms with van der Waals surface area (Å²) in [4.78, 5) is 0. The van der Waals surface area contributed by atoms with Gasteiger partial charge < -0.3 is 14.7 Å². The topological polar surface area (TPSA) is 49.7 Å². The average Bonchev–Trinajstić information content (AvgIpc) is 2.73. The van der Waals surface area contributed by atoms with E-state index in [1.165, 1.54) is 11.1 Å². The highest BCUT2D eigenvalue weighted by atomic mass is 32.7. The molecule has 2 aromatic carbocycles. The Bertz CT molecular complexity index is 585. The lowest BCUT2D eigenvalue weighted by Crippen LogP contribution is -2.36. The Morgan fingerprint density at radius 1 is 0.889 bits per heavy atom. The first-order valence-electron chi connectivity index (χ1n) is 9.16. The molecule has 0 radical (unpaired) electrons. The van der Waals surface area contributed by atoms with Crippen molar-refractivity contribution in [1.82, 2.24) is 0 Å². The predicted molar refractivity (Wildman–Crippen MR) is 121 cm³/mol. The van der Waals surface area contributed by atoms with Crippen LogP contribution in [0.4, 0.5) is 0 Å². The van der Waals surface area contributed by atoms with E-state index in [-0.39, 0.29) is 13.2 Å². The van der Waals surface area contributed by atoms with Crippen LogP contribution in [0.5, 0.6) is 0 Å². The van der Waals surface area contributed by atoms with E-state index in [4.69, 9.17) is 4.52 Å². The van der Waals surface area contributed by atoms with Gasteiger partial charge in [-0.25, -0.2) is 0 Å². The second kappa shape index (κ2) is 12.2. The molecule has 6 heteroatoms. The molecule has 0 aliphatic carbocycles. The fourth-order valence-electron chi connectivity index (χ4n) is 2.53. The number of benzene rings is 2. The van der Waals surface area contributed by atoms with E-state index in [0.717, 1.165) is 0 Å². The Hall–Kier alpha value is -0.470. The van der Waals surface area contributed by atoms with Gasteiger partial charge in [-0.3, -0.25) is 0 Å². The van der Waals surface area contributed by atoms with Crippen LogP contribution >= 0.6 is 28.0 Å². The fraction of sp³-hybridized carbons (Fsp3) is 0.429. The van der Waals surface area contributed by atoms with Crippen molar-refractivity contribution in [2.75, 3.05) is 25.6 Å². The van der Waals surface area contributed by atoms with Gasteiger partial charge in [-0.2, -0.15) is 0 Å². The lowest BCUT2D eigenvalue weighted by Gasteiger charge is -2.30. The van der Waals surface area contributed by atoms with Crippen molar-refractivity contribution in [3.63, 3.8) is 0 Å². The Morgan fingerprint density at radius 3 is 1.93 bits per heavy atom. The van der Waals surface area contributed by atoms with E-state index in [9.17, 15) is 10.2 Å². The third-order valence-corrected chi connectivity index (χ3v) is 9.15. The van der Waals surface area contributed by atoms with Crippen LogP contribution < -0.4 is 0 Å². The molecule has 0 spiro atoms. The Morgan fingerprint density at radius 2 is 1.41 bits per heavy atom. The van der Waals surface area contributed by atoms with E-state index < -0.39 is 5.41 Å². The van der Waals surface area contributed by atoms with Crippen LogP contribution in [0, 0.1) is 5.41 Å². The SMILES string of the molecule is CC(POCC(CO)(CO)CSPC(C)c1ccccc1)c1ccccc1. The van der Waals surface area contributed by atoms with E-state index in [0.29, 0.717) is 40.3 Å². The van der Waals surface area contributed by atoms with Crippen LogP contribution in [-0.4, -0.2) is 35.8 Å². The second-order valence-corrected chi connectivity index (χ2v) is 11.5. The van der Waals surface area contributed by atoms with Gasteiger partial charge in [0, 0.05) is 31.3 Å². The predicted octanol–water partition coefficient (Wildman–Crippen LogP) is 5.42. The number of hydrogen-bond acceptors (Lipinski definition) is 4. The van der Waals surface area contributed by atoms with Gasteiger partial charge in [0.1, 0.15) is 0 Å². The third-order valence-electron chi connectivity index (χ3n) is 4.55. The molecule has 3 nitrogen and oxygen atoms in total. The van der Waals surface area contributed by atoms with Crippen molar-refractivity contribution in [3.8, 4) is 0 Å². The summed E-state index contributed by atoms with van der Waals surface area (Å²) in [6.45, 7) is 4.62. The molecular formula is C21H30O3P2S. The molecule has 2 N–H and O–H groups in total. The highest BCUT2D eigenvalue weighted by molar-refractivity contribution is 8.49. The van der Waals surface area contributed by atoms with E-state index in [2.05, 4.69) is 50.2 Å². The van der Waals surface area contributed by atoms with Crippen molar-refractivity contribution < 1.29 is 14.7 Å². The summed E-state index contributed by atoms with van der Waals surface area (Å²) in [5.41, 5.74) is 2.77. The first-order valence-corrected chi connectivity index (χ1v) is 12.9. The minimum Gasteiger partial charge on any atom is -0.396 e. The minimum absolute atomic E-state index is 0.0646. The molecule has 0 saturated carbocycles. The van der Waals surface area contributed by atoms with Gasteiger partial charge in [0.2, 0.25) is 0 Å². The molecule has 4 atom stereocenters. The van der Waals surface area contributed by atoms with Crippen molar-refractivity contribution in [2.24, 2.45) is 5.41 Å². The van der Waals surface area contributed by atoms with Crippen LogP contribution in [0.25, 0.3) is 0 Å². The highest BCUT2D eigenvalue weighted by Gasteiger charge is 2.30. The quantitative estimate of drug-likeness (QED) is 0.447. The summed E-state index contributed by atoms with van der Waals surface area (Å²) in [6, 6.07) is 20.8. The molecule has 0 aliphatic heterocycles. The molecule has 0 fully saturated rings. The smallest absolute Gasteiger partial charge is 0.0614 e. The molecule has 0 amide bonds. The van der Waals surface area contributed by atoms with E-state index in [1.807, 2.05) is 24.3 Å². The van der Waals surface area contributed by atoms with Gasteiger partial charge >= 0.3 is 0 Å². The summed E-state index contributed by atoms with van der Waals surface area (Å²) in [5, 5.41) is 19.8. The van der Waals surface area contributed by atoms with Crippen LogP contribution in [-0.2, 0) is 4.52 Å². The van der Waals surface area contributed by atoms with Crippen molar-refractivity contribution in [2.45, 2.75) is 25.2 Å². The van der Waals surface area contributed by atoms with Crippen LogP contribution in [0.1, 0.15) is 36.3 Å². The average molecular weight is 424 g/mol. The van der Waals surface area contributed by atoms with E-state index in [1.54, 1.807) is 11.4 Å². The molecular weight excluding hydrogens is 394 g/mol. The number of aliphatic hydroxyl groups is 2. The Balaban J connectivity index is 1.79. The van der Waals surface area contributed by atoms with Crippen LogP contribution in [0.3, 0.4) is 0 Å². The van der Waals surface area contributed by atoms with Gasteiger partial charge in [-0.1, -0.05) is 82.3 Å². The first-order chi connectivity index (χ1) is 13.1. The summed E-state index contributed by atoms with van der Waals surface area (Å²) >= 11 is 1.80. The van der Waals surface area contributed by atoms with Crippen LogP contribution in [0.15, 0.2) is 60.7 Å².